The van der Waals surface area contributed by atoms with Crippen LogP contribution < -0.4 is 10.6 Å². The number of amides is 4. The highest BCUT2D eigenvalue weighted by Gasteiger charge is 2.52. The largest absolute Gasteiger partial charge is 0.348 e. The molecule has 6 nitrogen and oxygen atoms in total. The molecule has 25 heavy (non-hydrogen) atoms. The first-order valence-corrected chi connectivity index (χ1v) is 8.96. The van der Waals surface area contributed by atoms with Crippen LogP contribution in [0.25, 0.3) is 0 Å². The summed E-state index contributed by atoms with van der Waals surface area (Å²) >= 11 is 12.0. The van der Waals surface area contributed by atoms with Crippen molar-refractivity contribution in [3.8, 4) is 0 Å². The Hall–Kier alpha value is -1.79. The Labute approximate surface area is 155 Å². The number of hydrogen-bond donors (Lipinski definition) is 2. The van der Waals surface area contributed by atoms with Gasteiger partial charge in [-0.3, -0.25) is 14.5 Å². The molecule has 0 bridgehead atoms. The smallest absolute Gasteiger partial charge is 0.325 e. The predicted octanol–water partition coefficient (Wildman–Crippen LogP) is 3.04. The monoisotopic (exact) mass is 383 g/mol. The van der Waals surface area contributed by atoms with Crippen molar-refractivity contribution in [2.24, 2.45) is 0 Å². The number of benzene rings is 1. The summed E-state index contributed by atoms with van der Waals surface area (Å²) in [6, 6.07) is 4.14. The van der Waals surface area contributed by atoms with Gasteiger partial charge >= 0.3 is 6.03 Å². The zero-order valence-corrected chi connectivity index (χ0v) is 15.3. The number of carbonyl (C=O) groups excluding carboxylic acids is 3. The van der Waals surface area contributed by atoms with Gasteiger partial charge in [-0.2, -0.15) is 0 Å². The number of nitrogens with zero attached hydrogens (tertiary/aromatic N) is 1. The van der Waals surface area contributed by atoms with Crippen molar-refractivity contribution in [1.29, 1.82) is 0 Å². The molecular formula is C17H19Cl2N3O3. The van der Waals surface area contributed by atoms with Crippen LogP contribution in [0.5, 0.6) is 0 Å². The highest BCUT2D eigenvalue weighted by molar-refractivity contribution is 6.35. The van der Waals surface area contributed by atoms with Crippen LogP contribution in [-0.2, 0) is 9.59 Å². The first-order valence-electron chi connectivity index (χ1n) is 8.21. The second-order valence-corrected chi connectivity index (χ2v) is 7.41. The number of rotatable bonds is 4. The van der Waals surface area contributed by atoms with E-state index in [2.05, 4.69) is 10.6 Å². The Morgan fingerprint density at radius 1 is 1.32 bits per heavy atom. The molecule has 0 radical (unpaired) electrons. The van der Waals surface area contributed by atoms with Crippen LogP contribution in [0.2, 0.25) is 10.0 Å². The van der Waals surface area contributed by atoms with Gasteiger partial charge in [-0.05, 0) is 37.5 Å². The van der Waals surface area contributed by atoms with Gasteiger partial charge in [-0.1, -0.05) is 42.1 Å². The molecule has 1 atom stereocenters. The lowest BCUT2D eigenvalue weighted by Gasteiger charge is -2.21. The maximum atomic E-state index is 12.5. The van der Waals surface area contributed by atoms with Crippen molar-refractivity contribution in [3.05, 3.63) is 33.8 Å². The van der Waals surface area contributed by atoms with Crippen molar-refractivity contribution >= 4 is 41.0 Å². The van der Waals surface area contributed by atoms with E-state index >= 15 is 0 Å². The van der Waals surface area contributed by atoms with Crippen LogP contribution in [-0.4, -0.2) is 34.8 Å². The molecule has 2 N–H and O–H groups in total. The molecular weight excluding hydrogens is 365 g/mol. The Balaban J connectivity index is 1.64. The van der Waals surface area contributed by atoms with Gasteiger partial charge in [0.1, 0.15) is 12.1 Å². The summed E-state index contributed by atoms with van der Waals surface area (Å²) in [6.07, 6.45) is 3.06. The fourth-order valence-electron chi connectivity index (χ4n) is 3.50. The highest BCUT2D eigenvalue weighted by atomic mass is 35.5. The van der Waals surface area contributed by atoms with Crippen LogP contribution in [0.15, 0.2) is 18.2 Å². The molecule has 4 amide bonds. The summed E-state index contributed by atoms with van der Waals surface area (Å²) in [6.45, 7) is 1.47. The van der Waals surface area contributed by atoms with Gasteiger partial charge in [0.15, 0.2) is 0 Å². The molecule has 134 valence electrons. The topological polar surface area (TPSA) is 78.5 Å². The fraction of sp³-hybridized carbons (Fsp3) is 0.471. The molecule has 1 saturated heterocycles. The van der Waals surface area contributed by atoms with Crippen LogP contribution in [0.4, 0.5) is 4.79 Å². The lowest BCUT2D eigenvalue weighted by Crippen LogP contribution is -2.45. The molecule has 1 aromatic rings. The maximum Gasteiger partial charge on any atom is 0.325 e. The van der Waals surface area contributed by atoms with E-state index in [1.165, 1.54) is 0 Å². The molecule has 1 aromatic carbocycles. The average Bonchev–Trinajstić information content (AvgIpc) is 3.08. The van der Waals surface area contributed by atoms with Crippen molar-refractivity contribution in [2.75, 3.05) is 6.54 Å². The SMILES string of the molecule is C[C@H](NC(=O)CN1C(=O)NC2(CCCC2)C1=O)c1ccc(Cl)cc1Cl. The Kier molecular flexibility index (Phi) is 4.93. The number of urea groups is 1. The first kappa shape index (κ1) is 18.0. The van der Waals surface area contributed by atoms with Gasteiger partial charge in [0.2, 0.25) is 5.91 Å². The third kappa shape index (κ3) is 3.46. The fourth-order valence-corrected chi connectivity index (χ4v) is 4.07. The molecule has 2 fully saturated rings. The van der Waals surface area contributed by atoms with Crippen molar-refractivity contribution in [3.63, 3.8) is 0 Å². The minimum Gasteiger partial charge on any atom is -0.348 e. The zero-order chi connectivity index (χ0) is 18.2. The summed E-state index contributed by atoms with van der Waals surface area (Å²) in [5.41, 5.74) is -0.0912. The molecule has 1 heterocycles. The van der Waals surface area contributed by atoms with Gasteiger partial charge in [0, 0.05) is 10.0 Å². The summed E-state index contributed by atoms with van der Waals surface area (Å²) < 4.78 is 0. The van der Waals surface area contributed by atoms with Crippen LogP contribution in [0, 0.1) is 0 Å². The lowest BCUT2D eigenvalue weighted by molar-refractivity contribution is -0.135. The van der Waals surface area contributed by atoms with Crippen LogP contribution >= 0.6 is 23.2 Å². The minimum atomic E-state index is -0.803. The normalized spacial score (nSPS) is 20.0. The van der Waals surface area contributed by atoms with E-state index in [0.717, 1.165) is 17.7 Å². The van der Waals surface area contributed by atoms with E-state index in [-0.39, 0.29) is 18.5 Å². The Morgan fingerprint density at radius 2 is 2.00 bits per heavy atom. The van der Waals surface area contributed by atoms with Crippen LogP contribution in [0.1, 0.15) is 44.2 Å². The summed E-state index contributed by atoms with van der Waals surface area (Å²) in [7, 11) is 0. The summed E-state index contributed by atoms with van der Waals surface area (Å²) in [5.74, 6) is -0.723. The van der Waals surface area contributed by atoms with Gasteiger partial charge in [-0.25, -0.2) is 4.79 Å². The second-order valence-electron chi connectivity index (χ2n) is 6.57. The Morgan fingerprint density at radius 3 is 2.64 bits per heavy atom. The zero-order valence-electron chi connectivity index (χ0n) is 13.8. The quantitative estimate of drug-likeness (QED) is 0.784. The molecule has 1 saturated carbocycles. The van der Waals surface area contributed by atoms with Gasteiger partial charge < -0.3 is 10.6 Å². The van der Waals surface area contributed by atoms with Crippen molar-refractivity contribution in [1.82, 2.24) is 15.5 Å². The molecule has 0 aromatic heterocycles. The number of imide groups is 1. The van der Waals surface area contributed by atoms with Gasteiger partial charge in [0.25, 0.3) is 5.91 Å². The van der Waals surface area contributed by atoms with E-state index in [9.17, 15) is 14.4 Å². The molecule has 8 heteroatoms. The standard InChI is InChI=1S/C17H19Cl2N3O3/c1-10(12-5-4-11(18)8-13(12)19)20-14(23)9-22-15(24)17(21-16(22)25)6-2-3-7-17/h4-5,8,10H,2-3,6-7,9H2,1H3,(H,20,23)(H,21,25)/t10-/m0/s1. The molecule has 1 aliphatic heterocycles. The minimum absolute atomic E-state index is 0.303. The highest BCUT2D eigenvalue weighted by Crippen LogP contribution is 2.35. The Bertz CT molecular complexity index is 732. The van der Waals surface area contributed by atoms with E-state index in [1.807, 2.05) is 0 Å². The molecule has 2 aliphatic rings. The molecule has 3 rings (SSSR count). The second kappa shape index (κ2) is 6.84. The predicted molar refractivity (Wildman–Crippen MR) is 94.5 cm³/mol. The number of halogens is 2. The average molecular weight is 384 g/mol. The maximum absolute atomic E-state index is 12.5. The van der Waals surface area contributed by atoms with E-state index in [1.54, 1.807) is 25.1 Å². The van der Waals surface area contributed by atoms with Crippen molar-refractivity contribution in [2.45, 2.75) is 44.2 Å². The number of hydrogen-bond acceptors (Lipinski definition) is 3. The summed E-state index contributed by atoms with van der Waals surface area (Å²) in [4.78, 5) is 38.0. The van der Waals surface area contributed by atoms with E-state index in [4.69, 9.17) is 23.2 Å². The van der Waals surface area contributed by atoms with Gasteiger partial charge in [-0.15, -0.1) is 0 Å². The molecule has 1 aliphatic carbocycles. The van der Waals surface area contributed by atoms with Crippen LogP contribution in [0.3, 0.4) is 0 Å². The van der Waals surface area contributed by atoms with Gasteiger partial charge in [0.05, 0.1) is 6.04 Å². The third-order valence-electron chi connectivity index (χ3n) is 4.81. The third-order valence-corrected chi connectivity index (χ3v) is 5.37. The number of carbonyl (C=O) groups is 3. The molecule has 1 spiro atoms. The summed E-state index contributed by atoms with van der Waals surface area (Å²) in [5, 5.41) is 6.47. The molecule has 0 unspecified atom stereocenters. The van der Waals surface area contributed by atoms with Crippen molar-refractivity contribution < 1.29 is 14.4 Å². The van der Waals surface area contributed by atoms with E-state index < -0.39 is 17.5 Å². The van der Waals surface area contributed by atoms with E-state index in [0.29, 0.717) is 28.5 Å². The lowest BCUT2D eigenvalue weighted by atomic mass is 9.98. The number of nitrogens with one attached hydrogen (secondary N) is 2. The first-order chi connectivity index (χ1) is 11.8.